The largest absolute Gasteiger partial charge is 0.360 e. The van der Waals surface area contributed by atoms with Crippen LogP contribution in [0.3, 0.4) is 0 Å². The first kappa shape index (κ1) is 17.8. The topological polar surface area (TPSA) is 59.9 Å². The van der Waals surface area contributed by atoms with E-state index in [1.165, 1.54) is 11.8 Å². The Balaban J connectivity index is 3.19. The number of thioether (sulfide) groups is 1. The van der Waals surface area contributed by atoms with Gasteiger partial charge in [0, 0.05) is 6.20 Å². The van der Waals surface area contributed by atoms with E-state index < -0.39 is 7.60 Å². The zero-order valence-corrected chi connectivity index (χ0v) is 14.8. The summed E-state index contributed by atoms with van der Waals surface area (Å²) in [6, 6.07) is -0.227. The summed E-state index contributed by atoms with van der Waals surface area (Å²) in [6.45, 7) is 10.5. The Morgan fingerprint density at radius 1 is 1.35 bits per heavy atom. The number of hydrogen-bond acceptors (Lipinski definition) is 6. The van der Waals surface area contributed by atoms with E-state index in [0.717, 1.165) is 5.17 Å². The number of aliphatic imine (C=N–C) groups is 1. The number of nitrogens with one attached hydrogen (secondary N) is 1. The average Bonchev–Trinajstić information content (AvgIpc) is 2.37. The standard InChI is InChI=1S/C13H25N2O3PS/c1-7-17-19(16,18-8-2)10-9-14-12(20-6)15-11(10)13(3,4)5/h9,11H,7-8H2,1-6H3,(H,14,15). The number of amidine groups is 1. The van der Waals surface area contributed by atoms with Crippen molar-refractivity contribution in [2.24, 2.45) is 10.4 Å². The van der Waals surface area contributed by atoms with Gasteiger partial charge < -0.3 is 14.4 Å². The van der Waals surface area contributed by atoms with Gasteiger partial charge in [-0.05, 0) is 25.5 Å². The molecular weight excluding hydrogens is 295 g/mol. The molecule has 7 heteroatoms. The van der Waals surface area contributed by atoms with Gasteiger partial charge >= 0.3 is 7.60 Å². The minimum absolute atomic E-state index is 0.168. The molecule has 0 fully saturated rings. The summed E-state index contributed by atoms with van der Waals surface area (Å²) in [7, 11) is -3.30. The van der Waals surface area contributed by atoms with E-state index in [-0.39, 0.29) is 11.5 Å². The van der Waals surface area contributed by atoms with Crippen LogP contribution in [0.15, 0.2) is 16.5 Å². The molecule has 1 aliphatic rings. The molecule has 0 amide bonds. The van der Waals surface area contributed by atoms with Crippen molar-refractivity contribution in [3.05, 3.63) is 11.5 Å². The minimum atomic E-state index is -3.30. The van der Waals surface area contributed by atoms with Gasteiger partial charge in [-0.1, -0.05) is 32.5 Å². The van der Waals surface area contributed by atoms with Crippen LogP contribution >= 0.6 is 19.4 Å². The van der Waals surface area contributed by atoms with Crippen LogP contribution in [0.4, 0.5) is 0 Å². The molecule has 0 saturated carbocycles. The third-order valence-corrected chi connectivity index (χ3v) is 5.61. The summed E-state index contributed by atoms with van der Waals surface area (Å²) in [5.41, 5.74) is -0.168. The molecule has 0 aromatic carbocycles. The molecule has 0 aromatic rings. The van der Waals surface area contributed by atoms with E-state index in [1.54, 1.807) is 6.20 Å². The first-order chi connectivity index (χ1) is 9.28. The molecule has 1 atom stereocenters. The van der Waals surface area contributed by atoms with Gasteiger partial charge in [0.25, 0.3) is 0 Å². The summed E-state index contributed by atoms with van der Waals surface area (Å²) in [4.78, 5) is 4.65. The lowest BCUT2D eigenvalue weighted by molar-refractivity contribution is 0.220. The molecule has 1 N–H and O–H groups in total. The van der Waals surface area contributed by atoms with Crippen molar-refractivity contribution in [2.75, 3.05) is 19.5 Å². The molecule has 116 valence electrons. The monoisotopic (exact) mass is 320 g/mol. The highest BCUT2D eigenvalue weighted by molar-refractivity contribution is 8.13. The summed E-state index contributed by atoms with van der Waals surface area (Å²) in [5.74, 6) is 0. The molecule has 1 aliphatic heterocycles. The molecular formula is C13H25N2O3PS. The van der Waals surface area contributed by atoms with Gasteiger partial charge in [0.1, 0.15) is 0 Å². The Morgan fingerprint density at radius 2 is 1.90 bits per heavy atom. The van der Waals surface area contributed by atoms with E-state index in [9.17, 15) is 4.57 Å². The third-order valence-electron chi connectivity index (χ3n) is 2.80. The van der Waals surface area contributed by atoms with Gasteiger partial charge in [-0.2, -0.15) is 0 Å². The fraction of sp³-hybridized carbons (Fsp3) is 0.769. The van der Waals surface area contributed by atoms with Gasteiger partial charge in [-0.3, -0.25) is 9.56 Å². The van der Waals surface area contributed by atoms with Crippen LogP contribution in [0.1, 0.15) is 34.6 Å². The van der Waals surface area contributed by atoms with E-state index in [0.29, 0.717) is 18.5 Å². The van der Waals surface area contributed by atoms with E-state index >= 15 is 0 Å². The van der Waals surface area contributed by atoms with Crippen molar-refractivity contribution in [3.63, 3.8) is 0 Å². The van der Waals surface area contributed by atoms with E-state index in [4.69, 9.17) is 9.05 Å². The zero-order chi connectivity index (χ0) is 15.4. The lowest BCUT2D eigenvalue weighted by atomic mass is 9.87. The van der Waals surface area contributed by atoms with E-state index in [1.807, 2.05) is 20.1 Å². The van der Waals surface area contributed by atoms with Crippen LogP contribution in [-0.4, -0.2) is 30.7 Å². The predicted molar refractivity (Wildman–Crippen MR) is 86.3 cm³/mol. The lowest BCUT2D eigenvalue weighted by Crippen LogP contribution is -2.34. The van der Waals surface area contributed by atoms with Crippen LogP contribution in [0.25, 0.3) is 0 Å². The van der Waals surface area contributed by atoms with Crippen molar-refractivity contribution in [1.82, 2.24) is 5.32 Å². The van der Waals surface area contributed by atoms with Crippen LogP contribution < -0.4 is 5.32 Å². The Morgan fingerprint density at radius 3 is 2.30 bits per heavy atom. The predicted octanol–water partition coefficient (Wildman–Crippen LogP) is 3.83. The van der Waals surface area contributed by atoms with Gasteiger partial charge in [-0.15, -0.1) is 0 Å². The average molecular weight is 320 g/mol. The van der Waals surface area contributed by atoms with Crippen LogP contribution in [-0.2, 0) is 13.6 Å². The summed E-state index contributed by atoms with van der Waals surface area (Å²) in [6.07, 6.45) is 3.69. The van der Waals surface area contributed by atoms with Crippen molar-refractivity contribution < 1.29 is 13.6 Å². The highest BCUT2D eigenvalue weighted by atomic mass is 32.2. The quantitative estimate of drug-likeness (QED) is 0.780. The maximum absolute atomic E-state index is 13.0. The van der Waals surface area contributed by atoms with Crippen LogP contribution in [0.2, 0.25) is 0 Å². The molecule has 0 radical (unpaired) electrons. The van der Waals surface area contributed by atoms with Gasteiger partial charge in [-0.25, -0.2) is 0 Å². The normalized spacial score (nSPS) is 20.2. The van der Waals surface area contributed by atoms with Crippen molar-refractivity contribution >= 4 is 24.5 Å². The van der Waals surface area contributed by atoms with Crippen molar-refractivity contribution in [3.8, 4) is 0 Å². The minimum Gasteiger partial charge on any atom is -0.341 e. The highest BCUT2D eigenvalue weighted by Gasteiger charge is 2.42. The second-order valence-corrected chi connectivity index (χ2v) is 8.28. The number of rotatable bonds is 5. The SMILES string of the molecule is CCOP(=O)(OCC)C1=CNC(SC)=NC1C(C)(C)C. The summed E-state index contributed by atoms with van der Waals surface area (Å²) < 4.78 is 23.9. The molecule has 1 unspecified atom stereocenters. The third kappa shape index (κ3) is 4.10. The molecule has 0 aliphatic carbocycles. The Labute approximate surface area is 126 Å². The molecule has 1 rings (SSSR count). The molecule has 0 saturated heterocycles. The molecule has 0 spiro atoms. The zero-order valence-electron chi connectivity index (χ0n) is 13.1. The fourth-order valence-corrected chi connectivity index (χ4v) is 4.35. The first-order valence-electron chi connectivity index (χ1n) is 6.76. The van der Waals surface area contributed by atoms with Crippen molar-refractivity contribution in [1.29, 1.82) is 0 Å². The lowest BCUT2D eigenvalue weighted by Gasteiger charge is -2.35. The van der Waals surface area contributed by atoms with Gasteiger partial charge in [0.2, 0.25) is 0 Å². The maximum Gasteiger partial charge on any atom is 0.360 e. The summed E-state index contributed by atoms with van der Waals surface area (Å²) >= 11 is 1.53. The van der Waals surface area contributed by atoms with Gasteiger partial charge in [0.05, 0.1) is 24.6 Å². The first-order valence-corrected chi connectivity index (χ1v) is 9.53. The van der Waals surface area contributed by atoms with Gasteiger partial charge in [0.15, 0.2) is 5.17 Å². The number of nitrogens with zero attached hydrogens (tertiary/aromatic N) is 1. The Bertz CT molecular complexity index is 433. The summed E-state index contributed by atoms with van der Waals surface area (Å²) in [5, 5.41) is 4.48. The molecule has 5 nitrogen and oxygen atoms in total. The molecule has 0 bridgehead atoms. The Kier molecular flexibility index (Phi) is 6.32. The molecule has 20 heavy (non-hydrogen) atoms. The van der Waals surface area contributed by atoms with Crippen LogP contribution in [0, 0.1) is 5.41 Å². The Hall–Kier alpha value is -0.290. The smallest absolute Gasteiger partial charge is 0.341 e. The van der Waals surface area contributed by atoms with Crippen LogP contribution in [0.5, 0.6) is 0 Å². The fourth-order valence-electron chi connectivity index (χ4n) is 1.94. The second kappa shape index (κ2) is 7.12. The van der Waals surface area contributed by atoms with Crippen molar-refractivity contribution in [2.45, 2.75) is 40.7 Å². The van der Waals surface area contributed by atoms with E-state index in [2.05, 4.69) is 31.1 Å². The molecule has 0 aromatic heterocycles. The highest BCUT2D eigenvalue weighted by Crippen LogP contribution is 2.60. The second-order valence-electron chi connectivity index (χ2n) is 5.45. The molecule has 1 heterocycles. The number of hydrogen-bond donors (Lipinski definition) is 1. The maximum atomic E-state index is 13.0.